The molecule has 2 aromatic rings. The lowest BCUT2D eigenvalue weighted by molar-refractivity contribution is 0.464. The number of phenolic OH excluding ortho intramolecular Hbond substituents is 1. The molecule has 0 amide bonds. The third kappa shape index (κ3) is 3.26. The number of hydrogen-bond donors (Lipinski definition) is 1. The van der Waals surface area contributed by atoms with Crippen LogP contribution in [0.25, 0.3) is 0 Å². The van der Waals surface area contributed by atoms with Crippen molar-refractivity contribution in [3.63, 3.8) is 0 Å². The lowest BCUT2D eigenvalue weighted by Gasteiger charge is -2.11. The van der Waals surface area contributed by atoms with Crippen LogP contribution in [-0.4, -0.2) is 34.6 Å². The number of aromatic hydroxyl groups is 1. The van der Waals surface area contributed by atoms with Crippen molar-refractivity contribution < 1.29 is 13.5 Å². The Bertz CT molecular complexity index is 737. The van der Waals surface area contributed by atoms with Gasteiger partial charge in [0.2, 0.25) is 0 Å². The van der Waals surface area contributed by atoms with Crippen molar-refractivity contribution in [3.05, 3.63) is 48.0 Å². The zero-order valence-electron chi connectivity index (χ0n) is 11.6. The van der Waals surface area contributed by atoms with Gasteiger partial charge in [-0.2, -0.15) is 0 Å². The molecule has 6 heteroatoms. The first-order valence-electron chi connectivity index (χ1n) is 7.01. The summed E-state index contributed by atoms with van der Waals surface area (Å²) in [5, 5.41) is 9.84. The van der Waals surface area contributed by atoms with Gasteiger partial charge in [0.15, 0.2) is 9.84 Å². The van der Waals surface area contributed by atoms with Crippen molar-refractivity contribution in [2.45, 2.75) is 19.4 Å². The molecular formula is C15H18N2O3S. The highest BCUT2D eigenvalue weighted by molar-refractivity contribution is 7.91. The van der Waals surface area contributed by atoms with Gasteiger partial charge in [-0.05, 0) is 18.4 Å². The van der Waals surface area contributed by atoms with E-state index >= 15 is 0 Å². The van der Waals surface area contributed by atoms with Crippen LogP contribution in [0.4, 0.5) is 0 Å². The summed E-state index contributed by atoms with van der Waals surface area (Å²) in [5.74, 6) is 1.84. The zero-order chi connectivity index (χ0) is 14.9. The molecule has 0 bridgehead atoms. The lowest BCUT2D eigenvalue weighted by atomic mass is 10.0. The van der Waals surface area contributed by atoms with Crippen molar-refractivity contribution in [2.24, 2.45) is 5.92 Å². The summed E-state index contributed by atoms with van der Waals surface area (Å²) in [6.45, 7) is 0.543. The van der Waals surface area contributed by atoms with Gasteiger partial charge in [-0.3, -0.25) is 0 Å². The Labute approximate surface area is 124 Å². The van der Waals surface area contributed by atoms with Gasteiger partial charge in [-0.15, -0.1) is 0 Å². The van der Waals surface area contributed by atoms with E-state index in [9.17, 15) is 13.5 Å². The molecule has 2 heterocycles. The first kappa shape index (κ1) is 14.1. The van der Waals surface area contributed by atoms with E-state index in [1.165, 1.54) is 0 Å². The Morgan fingerprint density at radius 2 is 2.14 bits per heavy atom. The third-order valence-corrected chi connectivity index (χ3v) is 5.77. The molecule has 112 valence electrons. The fourth-order valence-corrected chi connectivity index (χ4v) is 4.66. The normalized spacial score (nSPS) is 20.7. The summed E-state index contributed by atoms with van der Waals surface area (Å²) >= 11 is 0. The van der Waals surface area contributed by atoms with Crippen molar-refractivity contribution in [2.75, 3.05) is 11.5 Å². The van der Waals surface area contributed by atoms with E-state index in [0.29, 0.717) is 19.4 Å². The number of nitrogens with zero attached hydrogens (tertiary/aromatic N) is 2. The van der Waals surface area contributed by atoms with Crippen LogP contribution >= 0.6 is 0 Å². The molecule has 0 saturated carbocycles. The number of phenols is 1. The number of aromatic nitrogens is 2. The third-order valence-electron chi connectivity index (χ3n) is 3.93. The van der Waals surface area contributed by atoms with Crippen molar-refractivity contribution >= 4 is 9.84 Å². The minimum absolute atomic E-state index is 0.153. The quantitative estimate of drug-likeness (QED) is 0.931. The molecule has 21 heavy (non-hydrogen) atoms. The number of hydrogen-bond acceptors (Lipinski definition) is 4. The standard InChI is InChI=1S/C15H18N2O3S/c18-14-4-2-1-3-13(14)10-17-7-6-16-15(17)9-12-5-8-21(19,20)11-12/h1-4,6-7,12,18H,5,8-11H2. The average Bonchev–Trinajstić information content (AvgIpc) is 3.00. The van der Waals surface area contributed by atoms with E-state index in [2.05, 4.69) is 4.98 Å². The van der Waals surface area contributed by atoms with Crippen LogP contribution in [-0.2, 0) is 22.8 Å². The van der Waals surface area contributed by atoms with Gasteiger partial charge in [0, 0.05) is 24.4 Å². The van der Waals surface area contributed by atoms with Crippen LogP contribution in [0.1, 0.15) is 17.8 Å². The van der Waals surface area contributed by atoms with Crippen LogP contribution < -0.4 is 0 Å². The molecule has 1 saturated heterocycles. The molecule has 0 radical (unpaired) electrons. The Morgan fingerprint density at radius 3 is 2.86 bits per heavy atom. The van der Waals surface area contributed by atoms with E-state index in [-0.39, 0.29) is 23.2 Å². The maximum atomic E-state index is 11.5. The summed E-state index contributed by atoms with van der Waals surface area (Å²) in [6.07, 6.45) is 4.97. The summed E-state index contributed by atoms with van der Waals surface area (Å²) in [4.78, 5) is 4.34. The highest BCUT2D eigenvalue weighted by atomic mass is 32.2. The minimum atomic E-state index is -2.85. The monoisotopic (exact) mass is 306 g/mol. The summed E-state index contributed by atoms with van der Waals surface area (Å²) in [6, 6.07) is 7.21. The Morgan fingerprint density at radius 1 is 1.33 bits per heavy atom. The van der Waals surface area contributed by atoms with Crippen LogP contribution in [0.2, 0.25) is 0 Å². The molecule has 3 rings (SSSR count). The summed E-state index contributed by atoms with van der Waals surface area (Å²) in [5.41, 5.74) is 0.829. The minimum Gasteiger partial charge on any atom is -0.508 e. The van der Waals surface area contributed by atoms with Gasteiger partial charge in [-0.1, -0.05) is 18.2 Å². The molecule has 1 unspecified atom stereocenters. The maximum Gasteiger partial charge on any atom is 0.150 e. The number of imidazole rings is 1. The second-order valence-electron chi connectivity index (χ2n) is 5.57. The highest BCUT2D eigenvalue weighted by Crippen LogP contribution is 2.23. The van der Waals surface area contributed by atoms with Crippen LogP contribution in [0.15, 0.2) is 36.7 Å². The predicted molar refractivity (Wildman–Crippen MR) is 79.9 cm³/mol. The van der Waals surface area contributed by atoms with E-state index < -0.39 is 9.84 Å². The Hall–Kier alpha value is -1.82. The van der Waals surface area contributed by atoms with Gasteiger partial charge in [0.25, 0.3) is 0 Å². The van der Waals surface area contributed by atoms with Gasteiger partial charge in [0.1, 0.15) is 11.6 Å². The van der Waals surface area contributed by atoms with Crippen molar-refractivity contribution in [1.82, 2.24) is 9.55 Å². The van der Waals surface area contributed by atoms with E-state index in [1.807, 2.05) is 22.9 Å². The summed E-state index contributed by atoms with van der Waals surface area (Å²) in [7, 11) is -2.85. The fraction of sp³-hybridized carbons (Fsp3) is 0.400. The van der Waals surface area contributed by atoms with Gasteiger partial charge in [0.05, 0.1) is 18.1 Å². The molecule has 1 aromatic carbocycles. The van der Waals surface area contributed by atoms with Crippen molar-refractivity contribution in [1.29, 1.82) is 0 Å². The second kappa shape index (κ2) is 5.52. The number of benzene rings is 1. The molecular weight excluding hydrogens is 288 g/mol. The molecule has 1 aromatic heterocycles. The molecule has 1 fully saturated rings. The highest BCUT2D eigenvalue weighted by Gasteiger charge is 2.28. The maximum absolute atomic E-state index is 11.5. The Kier molecular flexibility index (Phi) is 3.71. The average molecular weight is 306 g/mol. The van der Waals surface area contributed by atoms with E-state index in [4.69, 9.17) is 0 Å². The number of sulfone groups is 1. The second-order valence-corrected chi connectivity index (χ2v) is 7.80. The van der Waals surface area contributed by atoms with E-state index in [0.717, 1.165) is 11.4 Å². The first-order chi connectivity index (χ1) is 10.0. The number of rotatable bonds is 4. The van der Waals surface area contributed by atoms with Gasteiger partial charge in [-0.25, -0.2) is 13.4 Å². The first-order valence-corrected chi connectivity index (χ1v) is 8.83. The molecule has 1 atom stereocenters. The molecule has 0 aliphatic carbocycles. The SMILES string of the molecule is O=S1(=O)CCC(Cc2nccn2Cc2ccccc2O)C1. The summed E-state index contributed by atoms with van der Waals surface area (Å²) < 4.78 is 25.0. The molecule has 1 N–H and O–H groups in total. The smallest absolute Gasteiger partial charge is 0.150 e. The predicted octanol–water partition coefficient (Wildman–Crippen LogP) is 1.61. The van der Waals surface area contributed by atoms with Crippen LogP contribution in [0.5, 0.6) is 5.75 Å². The van der Waals surface area contributed by atoms with Gasteiger partial charge < -0.3 is 9.67 Å². The molecule has 1 aliphatic heterocycles. The Balaban J connectivity index is 1.74. The largest absolute Gasteiger partial charge is 0.508 e. The van der Waals surface area contributed by atoms with E-state index in [1.54, 1.807) is 18.3 Å². The topological polar surface area (TPSA) is 72.2 Å². The molecule has 5 nitrogen and oxygen atoms in total. The fourth-order valence-electron chi connectivity index (χ4n) is 2.79. The molecule has 1 aliphatic rings. The zero-order valence-corrected chi connectivity index (χ0v) is 12.5. The van der Waals surface area contributed by atoms with Gasteiger partial charge >= 0.3 is 0 Å². The number of para-hydroxylation sites is 1. The van der Waals surface area contributed by atoms with Crippen LogP contribution in [0, 0.1) is 5.92 Å². The molecule has 0 spiro atoms. The lowest BCUT2D eigenvalue weighted by Crippen LogP contribution is -2.12. The van der Waals surface area contributed by atoms with Crippen molar-refractivity contribution in [3.8, 4) is 5.75 Å². The van der Waals surface area contributed by atoms with Crippen LogP contribution in [0.3, 0.4) is 0 Å².